The molecule has 1 heterocycles. The molecule has 2 unspecified atom stereocenters. The van der Waals surface area contributed by atoms with E-state index in [2.05, 4.69) is 20.4 Å². The van der Waals surface area contributed by atoms with Crippen molar-refractivity contribution in [2.24, 2.45) is 11.3 Å². The van der Waals surface area contributed by atoms with E-state index in [1.807, 2.05) is 0 Å². The van der Waals surface area contributed by atoms with Gasteiger partial charge in [0.1, 0.15) is 0 Å². The molecule has 2 aliphatic carbocycles. The second kappa shape index (κ2) is 2.85. The van der Waals surface area contributed by atoms with Gasteiger partial charge in [-0.3, -0.25) is 0 Å². The average Bonchev–Trinajstić information content (AvgIpc) is 2.75. The molecule has 3 heteroatoms. The first kappa shape index (κ1) is 11.1. The van der Waals surface area contributed by atoms with Crippen LogP contribution in [0.1, 0.15) is 33.6 Å². The van der Waals surface area contributed by atoms with Gasteiger partial charge in [-0.25, -0.2) is 0 Å². The fourth-order valence-corrected chi connectivity index (χ4v) is 9.64. The molecule has 0 aromatic carbocycles. The number of esters is 1. The maximum atomic E-state index is 11.7. The molecule has 0 N–H and O–H groups in total. The molecule has 1 aliphatic heterocycles. The molecule has 3 atom stereocenters. The van der Waals surface area contributed by atoms with Crippen molar-refractivity contribution < 1.29 is 30.7 Å². The van der Waals surface area contributed by atoms with Gasteiger partial charge in [-0.05, 0) is 0 Å². The van der Waals surface area contributed by atoms with Crippen LogP contribution in [0.5, 0.6) is 0 Å². The molecule has 0 radical (unpaired) electrons. The van der Waals surface area contributed by atoms with Crippen molar-refractivity contribution in [2.45, 2.75) is 42.6 Å². The molecule has 3 fully saturated rings. The molecule has 1 spiro atoms. The van der Waals surface area contributed by atoms with Crippen LogP contribution in [0.2, 0.25) is 0 Å². The Morgan fingerprint density at radius 1 is 1.50 bits per heavy atom. The Hall–Kier alpha value is -0.0600. The summed E-state index contributed by atoms with van der Waals surface area (Å²) >= 11 is 0.219. The van der Waals surface area contributed by atoms with Gasteiger partial charge in [-0.1, -0.05) is 0 Å². The Morgan fingerprint density at radius 3 is 2.62 bits per heavy atom. The van der Waals surface area contributed by atoms with E-state index in [0.717, 1.165) is 18.8 Å². The third kappa shape index (κ3) is 1.02. The summed E-state index contributed by atoms with van der Waals surface area (Å²) in [6, 6.07) is 0. The van der Waals surface area contributed by atoms with Crippen molar-refractivity contribution in [3.63, 3.8) is 0 Å². The van der Waals surface area contributed by atoms with E-state index in [1.54, 1.807) is 6.92 Å². The van der Waals surface area contributed by atoms with Crippen LogP contribution < -0.4 is 21.2 Å². The number of alkyl halides is 2. The van der Waals surface area contributed by atoms with Gasteiger partial charge in [0.15, 0.2) is 0 Å². The standard InChI is InChI=1S/C13H18IO2/c1-8(2)10(15)16-12-5-9-6-14-13(12,7-12)11(9,3)4/h9H,1,5-7H2,2-4H3/q-1/t9?,12?,13-/m1/s1. The fourth-order valence-electron chi connectivity index (χ4n) is 3.61. The first-order chi connectivity index (χ1) is 7.35. The first-order valence-electron chi connectivity index (χ1n) is 5.84. The van der Waals surface area contributed by atoms with E-state index in [-0.39, 0.29) is 32.8 Å². The fraction of sp³-hybridized carbons (Fsp3) is 0.769. The van der Waals surface area contributed by atoms with Crippen LogP contribution >= 0.6 is 0 Å². The van der Waals surface area contributed by atoms with Gasteiger partial charge in [0.2, 0.25) is 0 Å². The summed E-state index contributed by atoms with van der Waals surface area (Å²) in [5.74, 6) is 0.621. The van der Waals surface area contributed by atoms with E-state index in [9.17, 15) is 4.79 Å². The first-order valence-corrected chi connectivity index (χ1v) is 8.44. The van der Waals surface area contributed by atoms with E-state index >= 15 is 0 Å². The number of fused-ring (bicyclic) bond motifs is 1. The van der Waals surface area contributed by atoms with Crippen molar-refractivity contribution >= 4 is 5.97 Å². The van der Waals surface area contributed by atoms with Crippen molar-refractivity contribution in [3.8, 4) is 0 Å². The molecule has 2 nitrogen and oxygen atoms in total. The zero-order chi connectivity index (χ0) is 11.8. The summed E-state index contributed by atoms with van der Waals surface area (Å²) in [7, 11) is 0. The van der Waals surface area contributed by atoms with Gasteiger partial charge in [-0.2, -0.15) is 0 Å². The van der Waals surface area contributed by atoms with Crippen molar-refractivity contribution in [2.75, 3.05) is 4.43 Å². The van der Waals surface area contributed by atoms with Crippen LogP contribution in [0.3, 0.4) is 0 Å². The van der Waals surface area contributed by atoms with Gasteiger partial charge in [0, 0.05) is 0 Å². The van der Waals surface area contributed by atoms with Crippen LogP contribution in [0, 0.1) is 11.3 Å². The molecule has 0 aromatic heterocycles. The van der Waals surface area contributed by atoms with Gasteiger partial charge in [0.25, 0.3) is 0 Å². The quantitative estimate of drug-likeness (QED) is 0.284. The summed E-state index contributed by atoms with van der Waals surface area (Å²) in [6.45, 7) is 10.2. The van der Waals surface area contributed by atoms with Crippen LogP contribution in [0.15, 0.2) is 12.2 Å². The predicted molar refractivity (Wildman–Crippen MR) is 57.7 cm³/mol. The summed E-state index contributed by atoms with van der Waals surface area (Å²) in [5, 5.41) is 0. The third-order valence-corrected chi connectivity index (χ3v) is 10.4. The topological polar surface area (TPSA) is 26.3 Å². The molecule has 2 bridgehead atoms. The van der Waals surface area contributed by atoms with Crippen molar-refractivity contribution in [1.29, 1.82) is 0 Å². The molecule has 3 rings (SSSR count). The number of halogens is 1. The molecular formula is C13H18IO2-. The monoisotopic (exact) mass is 333 g/mol. The zero-order valence-electron chi connectivity index (χ0n) is 10.1. The van der Waals surface area contributed by atoms with Crippen molar-refractivity contribution in [1.82, 2.24) is 0 Å². The molecular weight excluding hydrogens is 315 g/mol. The Kier molecular flexibility index (Phi) is 1.97. The molecule has 2 saturated carbocycles. The molecule has 90 valence electrons. The minimum atomic E-state index is -0.177. The predicted octanol–water partition coefficient (Wildman–Crippen LogP) is -0.864. The maximum absolute atomic E-state index is 11.7. The van der Waals surface area contributed by atoms with Crippen LogP contribution in [0.25, 0.3) is 0 Å². The van der Waals surface area contributed by atoms with Gasteiger partial charge in [-0.15, -0.1) is 0 Å². The Morgan fingerprint density at radius 2 is 2.19 bits per heavy atom. The second-order valence-electron chi connectivity index (χ2n) is 6.05. The Balaban J connectivity index is 1.86. The summed E-state index contributed by atoms with van der Waals surface area (Å²) in [6.07, 6.45) is 2.24. The molecule has 3 aliphatic rings. The molecule has 0 aromatic rings. The second-order valence-corrected chi connectivity index (χ2v) is 9.54. The normalized spacial score (nSPS) is 46.8. The Labute approximate surface area is 107 Å². The average molecular weight is 333 g/mol. The summed E-state index contributed by atoms with van der Waals surface area (Å²) in [4.78, 5) is 11.7. The third-order valence-electron chi connectivity index (χ3n) is 4.87. The van der Waals surface area contributed by atoms with E-state index in [0.29, 0.717) is 14.4 Å². The van der Waals surface area contributed by atoms with E-state index in [4.69, 9.17) is 4.74 Å². The number of ether oxygens (including phenoxy) is 1. The number of carbonyl (C=O) groups is 1. The van der Waals surface area contributed by atoms with Gasteiger partial charge >= 0.3 is 107 Å². The number of rotatable bonds is 2. The molecule has 16 heavy (non-hydrogen) atoms. The van der Waals surface area contributed by atoms with Gasteiger partial charge in [0.05, 0.1) is 0 Å². The van der Waals surface area contributed by atoms with Crippen LogP contribution in [0.4, 0.5) is 0 Å². The number of carbonyl (C=O) groups excluding carboxylic acids is 1. The molecule has 0 amide bonds. The van der Waals surface area contributed by atoms with Crippen LogP contribution in [-0.2, 0) is 9.53 Å². The van der Waals surface area contributed by atoms with Crippen molar-refractivity contribution in [3.05, 3.63) is 12.2 Å². The number of hydrogen-bond donors (Lipinski definition) is 0. The Bertz CT molecular complexity index is 401. The zero-order valence-corrected chi connectivity index (χ0v) is 12.3. The van der Waals surface area contributed by atoms with Gasteiger partial charge < -0.3 is 0 Å². The van der Waals surface area contributed by atoms with E-state index < -0.39 is 0 Å². The van der Waals surface area contributed by atoms with Crippen LogP contribution in [-0.4, -0.2) is 19.4 Å². The van der Waals surface area contributed by atoms with E-state index in [1.165, 1.54) is 4.43 Å². The summed E-state index contributed by atoms with van der Waals surface area (Å²) < 4.78 is 7.62. The SMILES string of the molecule is C=C(C)C(=O)OC12CC3C[I-][C@]1(C2)C3(C)C. The molecule has 1 saturated heterocycles. The minimum absolute atomic E-state index is 0.0667. The number of hydrogen-bond acceptors (Lipinski definition) is 2. The summed E-state index contributed by atoms with van der Waals surface area (Å²) in [5.41, 5.74) is 0.883.